The molecule has 2 heterocycles. The van der Waals surface area contributed by atoms with Crippen LogP contribution in [-0.2, 0) is 17.6 Å². The molecule has 1 aromatic carbocycles. The number of carbonyl (C=O) groups is 2. The number of aryl methyl sites for hydroxylation is 2. The predicted molar refractivity (Wildman–Crippen MR) is 98.0 cm³/mol. The van der Waals surface area contributed by atoms with Crippen LogP contribution in [0.4, 0.5) is 0 Å². The molecule has 5 heteroatoms. The molecular weight excluding hydrogens is 334 g/mol. The molecule has 0 radical (unpaired) electrons. The third-order valence-electron chi connectivity index (χ3n) is 5.31. The number of amides is 1. The Kier molecular flexibility index (Phi) is 4.34. The number of carboxylic acids is 1. The SMILES string of the molecule is O=C(O)CC1CCN(C(=O)c2cc3c(s2)-c2ccccc2CC3)CC1. The Morgan fingerprint density at radius 2 is 1.84 bits per heavy atom. The van der Waals surface area contributed by atoms with Gasteiger partial charge in [-0.2, -0.15) is 0 Å². The van der Waals surface area contributed by atoms with Crippen LogP contribution in [0.1, 0.15) is 40.1 Å². The van der Waals surface area contributed by atoms with Gasteiger partial charge in [0.15, 0.2) is 0 Å². The molecule has 1 saturated heterocycles. The molecule has 0 spiro atoms. The quantitative estimate of drug-likeness (QED) is 0.910. The van der Waals surface area contributed by atoms with E-state index in [9.17, 15) is 9.59 Å². The third-order valence-corrected chi connectivity index (χ3v) is 6.51. The van der Waals surface area contributed by atoms with Crippen LogP contribution in [-0.4, -0.2) is 35.0 Å². The molecule has 0 saturated carbocycles. The minimum atomic E-state index is -0.741. The van der Waals surface area contributed by atoms with Crippen LogP contribution in [0.3, 0.4) is 0 Å². The molecule has 130 valence electrons. The number of piperidine rings is 1. The van der Waals surface area contributed by atoms with Gasteiger partial charge in [0.1, 0.15) is 0 Å². The number of hydrogen-bond acceptors (Lipinski definition) is 3. The Labute approximate surface area is 151 Å². The van der Waals surface area contributed by atoms with Crippen LogP contribution in [0, 0.1) is 5.92 Å². The second kappa shape index (κ2) is 6.64. The minimum absolute atomic E-state index is 0.102. The van der Waals surface area contributed by atoms with Crippen molar-refractivity contribution in [2.24, 2.45) is 5.92 Å². The highest BCUT2D eigenvalue weighted by Crippen LogP contribution is 2.40. The van der Waals surface area contributed by atoms with Crippen molar-refractivity contribution >= 4 is 23.2 Å². The van der Waals surface area contributed by atoms with E-state index in [1.807, 2.05) is 4.90 Å². The first kappa shape index (κ1) is 16.3. The van der Waals surface area contributed by atoms with Crippen LogP contribution >= 0.6 is 11.3 Å². The van der Waals surface area contributed by atoms with Crippen LogP contribution in [0.2, 0.25) is 0 Å². The number of carboxylic acid groups (broad SMARTS) is 1. The van der Waals surface area contributed by atoms with Crippen LogP contribution in [0.25, 0.3) is 10.4 Å². The molecule has 1 aromatic heterocycles. The number of thiophene rings is 1. The van der Waals surface area contributed by atoms with E-state index in [0.717, 1.165) is 30.6 Å². The van der Waals surface area contributed by atoms with E-state index in [-0.39, 0.29) is 18.2 Å². The molecule has 4 rings (SSSR count). The highest BCUT2D eigenvalue weighted by atomic mass is 32.1. The van der Waals surface area contributed by atoms with Gasteiger partial charge in [0.2, 0.25) is 0 Å². The monoisotopic (exact) mass is 355 g/mol. The van der Waals surface area contributed by atoms with Crippen molar-refractivity contribution in [1.29, 1.82) is 0 Å². The first-order chi connectivity index (χ1) is 12.1. The first-order valence-electron chi connectivity index (χ1n) is 8.84. The van der Waals surface area contributed by atoms with Crippen molar-refractivity contribution in [2.45, 2.75) is 32.1 Å². The Balaban J connectivity index is 1.50. The number of rotatable bonds is 3. The van der Waals surface area contributed by atoms with Crippen LogP contribution < -0.4 is 0 Å². The zero-order chi connectivity index (χ0) is 17.4. The Morgan fingerprint density at radius 1 is 1.12 bits per heavy atom. The normalized spacial score (nSPS) is 17.0. The van der Waals surface area contributed by atoms with Gasteiger partial charge in [0.05, 0.1) is 4.88 Å². The second-order valence-electron chi connectivity index (χ2n) is 6.96. The van der Waals surface area contributed by atoms with Gasteiger partial charge in [-0.25, -0.2) is 0 Å². The molecule has 1 aliphatic carbocycles. The number of carbonyl (C=O) groups excluding carboxylic acids is 1. The van der Waals surface area contributed by atoms with Gasteiger partial charge < -0.3 is 10.0 Å². The van der Waals surface area contributed by atoms with Gasteiger partial charge in [0.25, 0.3) is 5.91 Å². The lowest BCUT2D eigenvalue weighted by Crippen LogP contribution is -2.38. The Morgan fingerprint density at radius 3 is 2.60 bits per heavy atom. The fraction of sp³-hybridized carbons (Fsp3) is 0.400. The number of nitrogens with zero attached hydrogens (tertiary/aromatic N) is 1. The van der Waals surface area contributed by atoms with Gasteiger partial charge >= 0.3 is 5.97 Å². The smallest absolute Gasteiger partial charge is 0.303 e. The van der Waals surface area contributed by atoms with Crippen LogP contribution in [0.15, 0.2) is 30.3 Å². The van der Waals surface area contributed by atoms with E-state index in [4.69, 9.17) is 5.11 Å². The molecule has 1 aliphatic heterocycles. The van der Waals surface area contributed by atoms with E-state index in [0.29, 0.717) is 13.1 Å². The van der Waals surface area contributed by atoms with Crippen molar-refractivity contribution in [2.75, 3.05) is 13.1 Å². The maximum atomic E-state index is 12.9. The number of benzene rings is 1. The molecule has 1 fully saturated rings. The summed E-state index contributed by atoms with van der Waals surface area (Å²) in [5.74, 6) is -0.440. The molecular formula is C20H21NO3S. The predicted octanol–water partition coefficient (Wildman–Crippen LogP) is 3.84. The zero-order valence-corrected chi connectivity index (χ0v) is 14.8. The van der Waals surface area contributed by atoms with Crippen molar-refractivity contribution in [3.8, 4) is 10.4 Å². The van der Waals surface area contributed by atoms with Crippen molar-refractivity contribution in [3.63, 3.8) is 0 Å². The maximum absolute atomic E-state index is 12.9. The molecule has 25 heavy (non-hydrogen) atoms. The summed E-state index contributed by atoms with van der Waals surface area (Å²) in [4.78, 5) is 27.7. The summed E-state index contributed by atoms with van der Waals surface area (Å²) in [6.45, 7) is 1.33. The number of aliphatic carboxylic acids is 1. The fourth-order valence-corrected chi connectivity index (χ4v) is 5.16. The van der Waals surface area contributed by atoms with Gasteiger partial charge in [-0.1, -0.05) is 24.3 Å². The van der Waals surface area contributed by atoms with Crippen molar-refractivity contribution in [1.82, 2.24) is 4.90 Å². The van der Waals surface area contributed by atoms with E-state index in [2.05, 4.69) is 30.3 Å². The lowest BCUT2D eigenvalue weighted by atomic mass is 9.91. The average molecular weight is 355 g/mol. The largest absolute Gasteiger partial charge is 0.481 e. The molecule has 0 unspecified atom stereocenters. The fourth-order valence-electron chi connectivity index (χ4n) is 3.92. The van der Waals surface area contributed by atoms with Gasteiger partial charge in [-0.3, -0.25) is 9.59 Å². The summed E-state index contributed by atoms with van der Waals surface area (Å²) in [5, 5.41) is 8.91. The number of fused-ring (bicyclic) bond motifs is 3. The first-order valence-corrected chi connectivity index (χ1v) is 9.65. The van der Waals surface area contributed by atoms with E-state index in [1.165, 1.54) is 21.6 Å². The molecule has 1 N–H and O–H groups in total. The highest BCUT2D eigenvalue weighted by molar-refractivity contribution is 7.17. The lowest BCUT2D eigenvalue weighted by molar-refractivity contribution is -0.138. The van der Waals surface area contributed by atoms with Crippen molar-refractivity contribution in [3.05, 3.63) is 46.3 Å². The standard InChI is InChI=1S/C20H21NO3S/c22-18(23)11-13-7-9-21(10-8-13)20(24)17-12-15-6-5-14-3-1-2-4-16(14)19(15)25-17/h1-4,12-13H,5-11H2,(H,22,23). The molecule has 2 aromatic rings. The number of hydrogen-bond donors (Lipinski definition) is 1. The van der Waals surface area contributed by atoms with Gasteiger partial charge in [0, 0.05) is 24.4 Å². The number of likely N-dealkylation sites (tertiary alicyclic amines) is 1. The molecule has 2 aliphatic rings. The summed E-state index contributed by atoms with van der Waals surface area (Å²) >= 11 is 1.61. The minimum Gasteiger partial charge on any atom is -0.481 e. The third kappa shape index (κ3) is 3.21. The van der Waals surface area contributed by atoms with E-state index < -0.39 is 5.97 Å². The summed E-state index contributed by atoms with van der Waals surface area (Å²) in [5.41, 5.74) is 3.92. The van der Waals surface area contributed by atoms with Crippen molar-refractivity contribution < 1.29 is 14.7 Å². The van der Waals surface area contributed by atoms with Gasteiger partial charge in [-0.15, -0.1) is 11.3 Å². The zero-order valence-electron chi connectivity index (χ0n) is 14.0. The average Bonchev–Trinajstić information content (AvgIpc) is 3.06. The molecule has 4 nitrogen and oxygen atoms in total. The summed E-state index contributed by atoms with van der Waals surface area (Å²) in [6, 6.07) is 10.5. The van der Waals surface area contributed by atoms with Crippen LogP contribution in [0.5, 0.6) is 0 Å². The Bertz CT molecular complexity index is 818. The molecule has 0 atom stereocenters. The summed E-state index contributed by atoms with van der Waals surface area (Å²) in [6.07, 6.45) is 3.81. The molecule has 1 amide bonds. The topological polar surface area (TPSA) is 57.6 Å². The molecule has 0 bridgehead atoms. The van der Waals surface area contributed by atoms with E-state index >= 15 is 0 Å². The second-order valence-corrected chi connectivity index (χ2v) is 8.01. The maximum Gasteiger partial charge on any atom is 0.303 e. The lowest BCUT2D eigenvalue weighted by Gasteiger charge is -2.31. The van der Waals surface area contributed by atoms with Gasteiger partial charge in [-0.05, 0) is 54.4 Å². The summed E-state index contributed by atoms with van der Waals surface area (Å²) < 4.78 is 0. The highest BCUT2D eigenvalue weighted by Gasteiger charge is 2.27. The Hall–Kier alpha value is -2.14. The van der Waals surface area contributed by atoms with E-state index in [1.54, 1.807) is 11.3 Å². The summed E-state index contributed by atoms with van der Waals surface area (Å²) in [7, 11) is 0.